The number of pyridine rings is 2. The smallest absolute Gasteiger partial charge is 0.335 e. The third-order valence-corrected chi connectivity index (χ3v) is 8.20. The summed E-state index contributed by atoms with van der Waals surface area (Å²) in [6.07, 6.45) is 3.96. The van der Waals surface area contributed by atoms with Gasteiger partial charge in [0.15, 0.2) is 0 Å². The number of benzene rings is 3. The van der Waals surface area contributed by atoms with Gasteiger partial charge in [-0.15, -0.1) is 0 Å². The van der Waals surface area contributed by atoms with E-state index >= 15 is 8.78 Å². The normalized spacial score (nSPS) is 13.8. The first kappa shape index (κ1) is 31.6. The number of carboxylic acids is 1. The van der Waals surface area contributed by atoms with Crippen LogP contribution in [0.1, 0.15) is 44.9 Å². The molecule has 244 valence electrons. The highest BCUT2D eigenvalue weighted by Crippen LogP contribution is 2.29. The number of aromatic carboxylic acids is 1. The summed E-state index contributed by atoms with van der Waals surface area (Å²) in [5.41, 5.74) is 2.89. The van der Waals surface area contributed by atoms with Gasteiger partial charge >= 0.3 is 5.97 Å². The molecule has 1 aliphatic rings. The summed E-state index contributed by atoms with van der Waals surface area (Å²) in [4.78, 5) is 24.5. The number of hydrogen-bond acceptors (Lipinski definition) is 6. The lowest BCUT2D eigenvalue weighted by Gasteiger charge is -2.27. The van der Waals surface area contributed by atoms with Crippen molar-refractivity contribution >= 4 is 17.0 Å². The molecule has 3 aromatic carbocycles. The van der Waals surface area contributed by atoms with Gasteiger partial charge in [0.2, 0.25) is 5.88 Å². The number of nitrogens with zero attached hydrogens (tertiary/aromatic N) is 4. The average Bonchev–Trinajstić information content (AvgIpc) is 3.42. The van der Waals surface area contributed by atoms with Gasteiger partial charge in [0, 0.05) is 53.7 Å². The second kappa shape index (κ2) is 13.6. The van der Waals surface area contributed by atoms with Crippen LogP contribution in [0.5, 0.6) is 5.88 Å². The van der Waals surface area contributed by atoms with Gasteiger partial charge < -0.3 is 19.1 Å². The van der Waals surface area contributed by atoms with Crippen LogP contribution in [-0.4, -0.2) is 43.3 Å². The maximum absolute atomic E-state index is 15.6. The van der Waals surface area contributed by atoms with Gasteiger partial charge in [0.1, 0.15) is 29.9 Å². The molecule has 49 heavy (non-hydrogen) atoms. The quantitative estimate of drug-likeness (QED) is 0.167. The van der Waals surface area contributed by atoms with Gasteiger partial charge in [0.25, 0.3) is 0 Å². The van der Waals surface area contributed by atoms with E-state index in [9.17, 15) is 14.3 Å². The van der Waals surface area contributed by atoms with Gasteiger partial charge in [-0.05, 0) is 72.6 Å². The number of halogens is 3. The molecule has 0 spiro atoms. The Bertz CT molecular complexity index is 2260. The molecule has 1 fully saturated rings. The van der Waals surface area contributed by atoms with Crippen LogP contribution in [0.3, 0.4) is 0 Å². The van der Waals surface area contributed by atoms with Crippen LogP contribution < -0.4 is 4.74 Å². The van der Waals surface area contributed by atoms with E-state index in [1.165, 1.54) is 24.3 Å². The molecule has 6 aromatic rings. The van der Waals surface area contributed by atoms with E-state index in [-0.39, 0.29) is 53.0 Å². The Morgan fingerprint density at radius 1 is 0.898 bits per heavy atom. The van der Waals surface area contributed by atoms with Gasteiger partial charge in [-0.3, -0.25) is 4.98 Å². The van der Waals surface area contributed by atoms with Crippen molar-refractivity contribution < 1.29 is 32.5 Å². The Kier molecular flexibility index (Phi) is 8.79. The summed E-state index contributed by atoms with van der Waals surface area (Å²) in [7, 11) is 0. The molecule has 4 heterocycles. The molecule has 11 heteroatoms. The van der Waals surface area contributed by atoms with Crippen LogP contribution >= 0.6 is 0 Å². The Balaban J connectivity index is 1.08. The van der Waals surface area contributed by atoms with Crippen molar-refractivity contribution in [3.63, 3.8) is 0 Å². The van der Waals surface area contributed by atoms with Crippen molar-refractivity contribution in [2.45, 2.75) is 32.1 Å². The number of ether oxygens (including phenoxy) is 2. The first-order chi connectivity index (χ1) is 23.8. The number of imidazole rings is 1. The van der Waals surface area contributed by atoms with E-state index in [2.05, 4.69) is 26.8 Å². The summed E-state index contributed by atoms with van der Waals surface area (Å²) in [6.45, 7) is 0.890. The Morgan fingerprint density at radius 2 is 1.69 bits per heavy atom. The summed E-state index contributed by atoms with van der Waals surface area (Å²) in [5, 5.41) is 9.49. The second-order valence-electron chi connectivity index (χ2n) is 11.5. The van der Waals surface area contributed by atoms with Gasteiger partial charge in [-0.25, -0.2) is 27.9 Å². The molecule has 1 unspecified atom stereocenters. The predicted octanol–water partition coefficient (Wildman–Crippen LogP) is 6.97. The lowest BCUT2D eigenvalue weighted by Crippen LogP contribution is -2.31. The number of fused-ring (bicyclic) bond motifs is 1. The fraction of sp³-hybridized carbons (Fsp3) is 0.158. The zero-order valence-electron chi connectivity index (χ0n) is 25.9. The van der Waals surface area contributed by atoms with Gasteiger partial charge in [-0.2, -0.15) is 0 Å². The Labute approximate surface area is 278 Å². The summed E-state index contributed by atoms with van der Waals surface area (Å²) in [5.74, 6) is 3.49. The van der Waals surface area contributed by atoms with E-state index in [1.54, 1.807) is 54.9 Å². The van der Waals surface area contributed by atoms with Crippen molar-refractivity contribution in [2.75, 3.05) is 6.61 Å². The highest BCUT2D eigenvalue weighted by molar-refractivity contribution is 5.92. The summed E-state index contributed by atoms with van der Waals surface area (Å²) >= 11 is 0. The number of rotatable bonds is 9. The molecule has 0 amide bonds. The maximum atomic E-state index is 15.6. The largest absolute Gasteiger partial charge is 0.478 e. The second-order valence-corrected chi connectivity index (χ2v) is 11.5. The van der Waals surface area contributed by atoms with Crippen molar-refractivity contribution in [3.05, 3.63) is 142 Å². The lowest BCUT2D eigenvalue weighted by molar-refractivity contribution is -0.0589. The van der Waals surface area contributed by atoms with E-state index in [1.807, 2.05) is 4.57 Å². The summed E-state index contributed by atoms with van der Waals surface area (Å²) < 4.78 is 59.1. The first-order valence-electron chi connectivity index (χ1n) is 15.4. The minimum Gasteiger partial charge on any atom is -0.478 e. The molecule has 3 aromatic heterocycles. The molecule has 0 aliphatic carbocycles. The van der Waals surface area contributed by atoms with Crippen LogP contribution in [-0.2, 0) is 24.3 Å². The van der Waals surface area contributed by atoms with Crippen LogP contribution in [0, 0.1) is 29.3 Å². The van der Waals surface area contributed by atoms with Crippen LogP contribution in [0.25, 0.3) is 22.3 Å². The fourth-order valence-corrected chi connectivity index (χ4v) is 5.49. The van der Waals surface area contributed by atoms with Crippen molar-refractivity contribution in [1.82, 2.24) is 19.5 Å². The topological polar surface area (TPSA) is 99.4 Å². The van der Waals surface area contributed by atoms with Crippen LogP contribution in [0.2, 0.25) is 0 Å². The molecule has 1 aliphatic heterocycles. The monoisotopic (exact) mass is 660 g/mol. The molecule has 7 rings (SSSR count). The highest BCUT2D eigenvalue weighted by atomic mass is 19.1. The number of carboxylic acid groups (broad SMARTS) is 1. The molecule has 0 radical (unpaired) electrons. The first-order valence-corrected chi connectivity index (χ1v) is 15.4. The molecular weight excluding hydrogens is 633 g/mol. The van der Waals surface area contributed by atoms with E-state index in [0.717, 1.165) is 24.1 Å². The third-order valence-electron chi connectivity index (χ3n) is 8.20. The molecular formula is C38H27F3N4O4. The average molecular weight is 661 g/mol. The fourth-order valence-electron chi connectivity index (χ4n) is 5.49. The van der Waals surface area contributed by atoms with Gasteiger partial charge in [0.05, 0.1) is 34.9 Å². The Hall–Kier alpha value is -5.99. The minimum absolute atomic E-state index is 0.0386. The minimum atomic E-state index is -1.08. The lowest BCUT2D eigenvalue weighted by atomic mass is 10.0. The molecule has 8 nitrogen and oxygen atoms in total. The molecule has 1 saturated heterocycles. The van der Waals surface area contributed by atoms with Gasteiger partial charge in [-0.1, -0.05) is 24.0 Å². The predicted molar refractivity (Wildman–Crippen MR) is 174 cm³/mol. The van der Waals surface area contributed by atoms with Crippen molar-refractivity contribution in [3.8, 4) is 29.0 Å². The zero-order valence-corrected chi connectivity index (χ0v) is 25.9. The number of carbonyl (C=O) groups is 1. The standard InChI is InChI=1S/C38H27F3N4O4/c39-30-16-24(5-4-23-10-13-42-14-11-23)6-7-26(30)22-49-37-3-1-2-33(44-37)29-20-31(40)27(17-32(29)41)19-36-43-34-9-8-25(38(46)47)18-35(34)45(36)21-28-12-15-48-28/h1-3,6-11,13-14,16-18,20,28H,12,15,19,21-22H2,(H,46,47). The zero-order chi connectivity index (χ0) is 33.9. The van der Waals surface area contributed by atoms with E-state index < -0.39 is 23.4 Å². The van der Waals surface area contributed by atoms with Crippen molar-refractivity contribution in [1.29, 1.82) is 0 Å². The highest BCUT2D eigenvalue weighted by Gasteiger charge is 2.24. The van der Waals surface area contributed by atoms with Crippen molar-refractivity contribution in [2.24, 2.45) is 0 Å². The Morgan fingerprint density at radius 3 is 2.45 bits per heavy atom. The molecule has 0 bridgehead atoms. The summed E-state index contributed by atoms with van der Waals surface area (Å²) in [6, 6.07) is 19.5. The molecule has 1 atom stereocenters. The molecule has 0 saturated carbocycles. The number of aromatic nitrogens is 4. The maximum Gasteiger partial charge on any atom is 0.335 e. The third kappa shape index (κ3) is 7.00. The molecule has 1 N–H and O–H groups in total. The number of hydrogen-bond donors (Lipinski definition) is 1. The van der Waals surface area contributed by atoms with E-state index in [0.29, 0.717) is 35.6 Å². The SMILES string of the molecule is O=C(O)c1ccc2nc(Cc3cc(F)c(-c4cccc(OCc5ccc(C#Cc6ccncc6)cc5F)n4)cc3F)n(CC3CCO3)c2c1. The van der Waals surface area contributed by atoms with Crippen LogP contribution in [0.4, 0.5) is 13.2 Å². The van der Waals surface area contributed by atoms with E-state index in [4.69, 9.17) is 9.47 Å². The van der Waals surface area contributed by atoms with Crippen LogP contribution in [0.15, 0.2) is 91.3 Å².